The second kappa shape index (κ2) is 6.19. The van der Waals surface area contributed by atoms with Gasteiger partial charge in [0.2, 0.25) is 10.0 Å². The van der Waals surface area contributed by atoms with Gasteiger partial charge in [0.25, 0.3) is 0 Å². The van der Waals surface area contributed by atoms with Crippen molar-refractivity contribution in [3.8, 4) is 0 Å². The van der Waals surface area contributed by atoms with Crippen molar-refractivity contribution in [2.24, 2.45) is 0 Å². The first-order chi connectivity index (χ1) is 8.69. The lowest BCUT2D eigenvalue weighted by Gasteiger charge is -2.20. The summed E-state index contributed by atoms with van der Waals surface area (Å²) < 4.78 is 52.6. The molecule has 7 nitrogen and oxygen atoms in total. The van der Waals surface area contributed by atoms with E-state index in [1.165, 1.54) is 7.05 Å². The van der Waals surface area contributed by atoms with E-state index in [4.69, 9.17) is 4.74 Å². The van der Waals surface area contributed by atoms with Gasteiger partial charge in [-0.2, -0.15) is 0 Å². The van der Waals surface area contributed by atoms with Crippen molar-refractivity contribution in [2.75, 3.05) is 31.7 Å². The predicted octanol–water partition coefficient (Wildman–Crippen LogP) is -0.612. The molecule has 19 heavy (non-hydrogen) atoms. The van der Waals surface area contributed by atoms with Crippen LogP contribution in [0.2, 0.25) is 0 Å². The Kier molecular flexibility index (Phi) is 5.34. The van der Waals surface area contributed by atoms with Gasteiger partial charge in [0, 0.05) is 13.6 Å². The van der Waals surface area contributed by atoms with Gasteiger partial charge in [-0.3, -0.25) is 4.79 Å². The van der Waals surface area contributed by atoms with Crippen LogP contribution in [0.15, 0.2) is 0 Å². The molecule has 0 bridgehead atoms. The molecule has 1 atom stereocenters. The smallest absolute Gasteiger partial charge is 0.307 e. The zero-order valence-electron chi connectivity index (χ0n) is 11.0. The fraction of sp³-hybridized carbons (Fsp3) is 0.900. The molecular weight excluding hydrogens is 294 g/mol. The van der Waals surface area contributed by atoms with E-state index in [-0.39, 0.29) is 37.5 Å². The van der Waals surface area contributed by atoms with E-state index < -0.39 is 31.1 Å². The Labute approximate surface area is 113 Å². The van der Waals surface area contributed by atoms with Crippen LogP contribution in [-0.4, -0.2) is 64.1 Å². The summed E-state index contributed by atoms with van der Waals surface area (Å²) in [6, 6.07) is 0. The molecule has 1 fully saturated rings. The van der Waals surface area contributed by atoms with Crippen LogP contribution < -0.4 is 0 Å². The molecule has 1 aliphatic heterocycles. The third-order valence-electron chi connectivity index (χ3n) is 2.98. The zero-order valence-corrected chi connectivity index (χ0v) is 12.7. The lowest BCUT2D eigenvalue weighted by Crippen LogP contribution is -2.38. The third kappa shape index (κ3) is 4.43. The molecule has 0 N–H and O–H groups in total. The first-order valence-electron chi connectivity index (χ1n) is 6.00. The Bertz CT molecular complexity index is 524. The van der Waals surface area contributed by atoms with Crippen LogP contribution in [0, 0.1) is 0 Å². The molecule has 0 aromatic rings. The molecule has 0 aromatic carbocycles. The number of nitrogens with zero attached hydrogens (tertiary/aromatic N) is 1. The molecule has 0 saturated carbocycles. The lowest BCUT2D eigenvalue weighted by molar-refractivity contribution is -0.143. The topological polar surface area (TPSA) is 97.8 Å². The highest BCUT2D eigenvalue weighted by atomic mass is 32.2. The highest BCUT2D eigenvalue weighted by molar-refractivity contribution is 7.95. The Morgan fingerprint density at radius 1 is 1.42 bits per heavy atom. The predicted molar refractivity (Wildman–Crippen MR) is 69.9 cm³/mol. The van der Waals surface area contributed by atoms with Gasteiger partial charge in [0.15, 0.2) is 9.84 Å². The van der Waals surface area contributed by atoms with Crippen molar-refractivity contribution in [2.45, 2.75) is 25.0 Å². The molecule has 0 aromatic heterocycles. The van der Waals surface area contributed by atoms with Gasteiger partial charge >= 0.3 is 5.97 Å². The number of sulfone groups is 1. The van der Waals surface area contributed by atoms with E-state index in [0.29, 0.717) is 0 Å². The highest BCUT2D eigenvalue weighted by Crippen LogP contribution is 2.21. The van der Waals surface area contributed by atoms with E-state index in [1.54, 1.807) is 6.92 Å². The summed E-state index contributed by atoms with van der Waals surface area (Å²) >= 11 is 0. The number of ether oxygens (including phenoxy) is 1. The quantitative estimate of drug-likeness (QED) is 0.607. The standard InChI is InChI=1S/C10H19NO6S2/c1-3-17-10(12)4-6-11(2)19(15,16)9-5-7-18(13,14)8-9/h9H,3-8H2,1-2H3. The minimum absolute atomic E-state index is 0.00227. The normalized spacial score (nSPS) is 22.6. The molecule has 1 aliphatic rings. The lowest BCUT2D eigenvalue weighted by atomic mass is 10.4. The molecular formula is C10H19NO6S2. The molecule has 9 heteroatoms. The van der Waals surface area contributed by atoms with Crippen molar-refractivity contribution < 1.29 is 26.4 Å². The molecule has 1 heterocycles. The molecule has 0 spiro atoms. The average Bonchev–Trinajstić information content (AvgIpc) is 2.67. The molecule has 0 aliphatic carbocycles. The molecule has 1 unspecified atom stereocenters. The molecule has 112 valence electrons. The Hall–Kier alpha value is -0.670. The third-order valence-corrected chi connectivity index (χ3v) is 7.26. The average molecular weight is 313 g/mol. The highest BCUT2D eigenvalue weighted by Gasteiger charge is 2.39. The van der Waals surface area contributed by atoms with E-state index in [9.17, 15) is 21.6 Å². The van der Waals surface area contributed by atoms with Crippen molar-refractivity contribution in [1.29, 1.82) is 0 Å². The van der Waals surface area contributed by atoms with Gasteiger partial charge in [-0.05, 0) is 13.3 Å². The van der Waals surface area contributed by atoms with Crippen molar-refractivity contribution in [1.82, 2.24) is 4.31 Å². The fourth-order valence-electron chi connectivity index (χ4n) is 1.86. The first kappa shape index (κ1) is 16.4. The summed E-state index contributed by atoms with van der Waals surface area (Å²) in [5, 5.41) is -0.898. The van der Waals surface area contributed by atoms with Crippen LogP contribution in [0.5, 0.6) is 0 Å². The van der Waals surface area contributed by atoms with Gasteiger partial charge in [0.1, 0.15) is 0 Å². The molecule has 0 amide bonds. The molecule has 1 saturated heterocycles. The molecule has 0 radical (unpaired) electrons. The van der Waals surface area contributed by atoms with Crippen molar-refractivity contribution >= 4 is 25.8 Å². The Morgan fingerprint density at radius 2 is 2.05 bits per heavy atom. The number of hydrogen-bond donors (Lipinski definition) is 0. The van der Waals surface area contributed by atoms with Crippen molar-refractivity contribution in [3.05, 3.63) is 0 Å². The number of carbonyl (C=O) groups excluding carboxylic acids is 1. The minimum Gasteiger partial charge on any atom is -0.466 e. The summed E-state index contributed by atoms with van der Waals surface area (Å²) in [6.07, 6.45) is 0.0808. The van der Waals surface area contributed by atoms with Gasteiger partial charge in [-0.15, -0.1) is 0 Å². The van der Waals surface area contributed by atoms with Crippen molar-refractivity contribution in [3.63, 3.8) is 0 Å². The van der Waals surface area contributed by atoms with Crippen LogP contribution in [0.25, 0.3) is 0 Å². The first-order valence-corrected chi connectivity index (χ1v) is 9.32. The van der Waals surface area contributed by atoms with Gasteiger partial charge < -0.3 is 4.74 Å². The maximum Gasteiger partial charge on any atom is 0.307 e. The minimum atomic E-state index is -3.67. The maximum absolute atomic E-state index is 12.1. The second-order valence-corrected chi connectivity index (χ2v) is 9.00. The van der Waals surface area contributed by atoms with Crippen LogP contribution >= 0.6 is 0 Å². The van der Waals surface area contributed by atoms with Crippen LogP contribution in [-0.2, 0) is 29.4 Å². The largest absolute Gasteiger partial charge is 0.466 e. The fourth-order valence-corrected chi connectivity index (χ4v) is 6.13. The Balaban J connectivity index is 2.60. The van der Waals surface area contributed by atoms with Crippen LogP contribution in [0.1, 0.15) is 19.8 Å². The summed E-state index contributed by atoms with van der Waals surface area (Å²) in [5.41, 5.74) is 0. The van der Waals surface area contributed by atoms with E-state index in [2.05, 4.69) is 0 Å². The number of esters is 1. The van der Waals surface area contributed by atoms with Gasteiger partial charge in [0.05, 0.1) is 29.8 Å². The van der Waals surface area contributed by atoms with Crippen LogP contribution in [0.3, 0.4) is 0 Å². The summed E-state index contributed by atoms with van der Waals surface area (Å²) in [7, 11) is -5.58. The second-order valence-electron chi connectivity index (χ2n) is 4.45. The van der Waals surface area contributed by atoms with Gasteiger partial charge in [-0.1, -0.05) is 0 Å². The summed E-state index contributed by atoms with van der Waals surface area (Å²) in [6.45, 7) is 1.91. The SMILES string of the molecule is CCOC(=O)CCN(C)S(=O)(=O)C1CCS(=O)(=O)C1. The van der Waals surface area contributed by atoms with E-state index in [1.807, 2.05) is 0 Å². The molecule has 1 rings (SSSR count). The summed E-state index contributed by atoms with van der Waals surface area (Å²) in [5.74, 6) is -0.898. The summed E-state index contributed by atoms with van der Waals surface area (Å²) in [4.78, 5) is 11.2. The number of rotatable bonds is 6. The maximum atomic E-state index is 12.1. The zero-order chi connectivity index (χ0) is 14.7. The van der Waals surface area contributed by atoms with Crippen LogP contribution in [0.4, 0.5) is 0 Å². The monoisotopic (exact) mass is 313 g/mol. The van der Waals surface area contributed by atoms with E-state index in [0.717, 1.165) is 4.31 Å². The Morgan fingerprint density at radius 3 is 2.53 bits per heavy atom. The number of hydrogen-bond acceptors (Lipinski definition) is 6. The van der Waals surface area contributed by atoms with Gasteiger partial charge in [-0.25, -0.2) is 21.1 Å². The number of sulfonamides is 1. The van der Waals surface area contributed by atoms with E-state index >= 15 is 0 Å². The number of carbonyl (C=O) groups is 1.